The van der Waals surface area contributed by atoms with Gasteiger partial charge in [-0.1, -0.05) is 6.07 Å². The van der Waals surface area contributed by atoms with E-state index >= 15 is 0 Å². The van der Waals surface area contributed by atoms with Gasteiger partial charge in [-0.3, -0.25) is 4.57 Å². The number of aryl methyl sites for hydroxylation is 1. The van der Waals surface area contributed by atoms with Gasteiger partial charge in [0.15, 0.2) is 0 Å². The van der Waals surface area contributed by atoms with Crippen LogP contribution in [-0.2, 0) is 6.54 Å². The normalized spacial score (nSPS) is 17.0. The molecule has 2 amide bonds. The summed E-state index contributed by atoms with van der Waals surface area (Å²) in [6, 6.07) is 4.23. The van der Waals surface area contributed by atoms with Crippen LogP contribution in [0.2, 0.25) is 0 Å². The first-order chi connectivity index (χ1) is 11.7. The van der Waals surface area contributed by atoms with Gasteiger partial charge in [0.05, 0.1) is 0 Å². The number of urea groups is 1. The molecule has 0 aromatic carbocycles. The first-order valence-corrected chi connectivity index (χ1v) is 8.43. The van der Waals surface area contributed by atoms with E-state index in [2.05, 4.69) is 25.9 Å². The summed E-state index contributed by atoms with van der Waals surface area (Å²) in [5.74, 6) is 1.66. The number of nitrogens with zero attached hydrogens (tertiary/aromatic N) is 3. The Labute approximate surface area is 141 Å². The number of pyridine rings is 1. The second-order valence-corrected chi connectivity index (χ2v) is 6.02. The Hall–Kier alpha value is -2.41. The molecule has 128 valence electrons. The van der Waals surface area contributed by atoms with Crippen LogP contribution >= 0.6 is 0 Å². The van der Waals surface area contributed by atoms with E-state index in [9.17, 15) is 4.79 Å². The van der Waals surface area contributed by atoms with E-state index in [1.807, 2.05) is 29.8 Å². The summed E-state index contributed by atoms with van der Waals surface area (Å²) in [6.07, 6.45) is 8.76. The second kappa shape index (κ2) is 7.92. The number of amides is 2. The van der Waals surface area contributed by atoms with Gasteiger partial charge in [0, 0.05) is 43.3 Å². The Kier molecular flexibility index (Phi) is 5.43. The molecule has 24 heavy (non-hydrogen) atoms. The van der Waals surface area contributed by atoms with Gasteiger partial charge in [-0.05, 0) is 38.8 Å². The van der Waals surface area contributed by atoms with E-state index < -0.39 is 0 Å². The van der Waals surface area contributed by atoms with Gasteiger partial charge in [0.25, 0.3) is 0 Å². The van der Waals surface area contributed by atoms with Crippen molar-refractivity contribution >= 4 is 6.03 Å². The lowest BCUT2D eigenvalue weighted by atomic mass is 10.1. The van der Waals surface area contributed by atoms with Gasteiger partial charge in [0.2, 0.25) is 0 Å². The van der Waals surface area contributed by atoms with Gasteiger partial charge in [-0.2, -0.15) is 0 Å². The van der Waals surface area contributed by atoms with Gasteiger partial charge >= 0.3 is 6.03 Å². The van der Waals surface area contributed by atoms with Crippen molar-refractivity contribution in [2.75, 3.05) is 13.1 Å². The molecule has 0 bridgehead atoms. The molecule has 0 aliphatic carbocycles. The number of nitrogens with one attached hydrogen (secondary N) is 3. The Morgan fingerprint density at radius 1 is 1.38 bits per heavy atom. The number of hydrogen-bond donors (Lipinski definition) is 3. The van der Waals surface area contributed by atoms with E-state index in [0.717, 1.165) is 30.2 Å². The molecule has 1 saturated heterocycles. The van der Waals surface area contributed by atoms with Crippen molar-refractivity contribution in [3.63, 3.8) is 0 Å². The smallest absolute Gasteiger partial charge is 0.315 e. The minimum absolute atomic E-state index is 0.148. The van der Waals surface area contributed by atoms with Crippen LogP contribution in [0.4, 0.5) is 4.79 Å². The highest BCUT2D eigenvalue weighted by Crippen LogP contribution is 2.13. The van der Waals surface area contributed by atoms with Gasteiger partial charge in [-0.15, -0.1) is 0 Å². The maximum atomic E-state index is 12.0. The lowest BCUT2D eigenvalue weighted by Gasteiger charge is -2.13. The average Bonchev–Trinajstić information content (AvgIpc) is 3.25. The first-order valence-electron chi connectivity index (χ1n) is 8.43. The number of rotatable bonds is 6. The fourth-order valence-electron chi connectivity index (χ4n) is 2.99. The molecule has 2 aromatic heterocycles. The average molecular weight is 328 g/mol. The summed E-state index contributed by atoms with van der Waals surface area (Å²) in [5, 5.41) is 9.25. The third-order valence-electron chi connectivity index (χ3n) is 4.30. The molecule has 1 fully saturated rings. The molecule has 1 aliphatic heterocycles. The molecule has 0 saturated carbocycles. The van der Waals surface area contributed by atoms with Crippen molar-refractivity contribution in [3.05, 3.63) is 42.1 Å². The van der Waals surface area contributed by atoms with E-state index in [-0.39, 0.29) is 6.03 Å². The van der Waals surface area contributed by atoms with Crippen LogP contribution in [0.5, 0.6) is 0 Å². The number of carbonyl (C=O) groups is 1. The summed E-state index contributed by atoms with van der Waals surface area (Å²) in [4.78, 5) is 20.6. The van der Waals surface area contributed by atoms with Gasteiger partial charge < -0.3 is 16.0 Å². The Bertz CT molecular complexity index is 677. The molecule has 0 radical (unpaired) electrons. The number of hydrogen-bond acceptors (Lipinski definition) is 4. The van der Waals surface area contributed by atoms with Crippen molar-refractivity contribution in [1.29, 1.82) is 0 Å². The molecule has 7 nitrogen and oxygen atoms in total. The second-order valence-electron chi connectivity index (χ2n) is 6.02. The van der Waals surface area contributed by atoms with Crippen molar-refractivity contribution in [3.8, 4) is 5.82 Å². The fourth-order valence-corrected chi connectivity index (χ4v) is 2.99. The lowest BCUT2D eigenvalue weighted by Crippen LogP contribution is -2.37. The zero-order valence-electron chi connectivity index (χ0n) is 14.0. The molecule has 0 unspecified atom stereocenters. The highest BCUT2D eigenvalue weighted by Gasteiger charge is 2.14. The zero-order chi connectivity index (χ0) is 16.8. The largest absolute Gasteiger partial charge is 0.338 e. The van der Waals surface area contributed by atoms with Crippen LogP contribution in [0.1, 0.15) is 30.7 Å². The lowest BCUT2D eigenvalue weighted by molar-refractivity contribution is 0.240. The van der Waals surface area contributed by atoms with Gasteiger partial charge in [-0.25, -0.2) is 14.8 Å². The Morgan fingerprint density at radius 2 is 2.29 bits per heavy atom. The minimum atomic E-state index is -0.148. The van der Waals surface area contributed by atoms with Crippen LogP contribution in [-0.4, -0.2) is 39.7 Å². The van der Waals surface area contributed by atoms with E-state index in [1.165, 1.54) is 12.8 Å². The van der Waals surface area contributed by atoms with Crippen LogP contribution in [0.3, 0.4) is 0 Å². The summed E-state index contributed by atoms with van der Waals surface area (Å²) < 4.78 is 1.92. The van der Waals surface area contributed by atoms with Gasteiger partial charge in [0.1, 0.15) is 11.6 Å². The van der Waals surface area contributed by atoms with E-state index in [0.29, 0.717) is 19.1 Å². The molecule has 2 aromatic rings. The monoisotopic (exact) mass is 328 g/mol. The molecule has 1 aliphatic rings. The van der Waals surface area contributed by atoms with Crippen molar-refractivity contribution in [1.82, 2.24) is 30.5 Å². The van der Waals surface area contributed by atoms with E-state index in [4.69, 9.17) is 0 Å². The molecular formula is C17H24N6O. The zero-order valence-corrected chi connectivity index (χ0v) is 14.0. The third-order valence-corrected chi connectivity index (χ3v) is 4.30. The molecule has 3 rings (SSSR count). The van der Waals surface area contributed by atoms with Crippen LogP contribution in [0.25, 0.3) is 5.82 Å². The molecule has 7 heteroatoms. The molecule has 3 heterocycles. The number of carbonyl (C=O) groups excluding carboxylic acids is 1. The third kappa shape index (κ3) is 4.11. The Balaban J connectivity index is 1.51. The predicted molar refractivity (Wildman–Crippen MR) is 92.0 cm³/mol. The number of aromatic nitrogens is 3. The highest BCUT2D eigenvalue weighted by molar-refractivity contribution is 5.73. The summed E-state index contributed by atoms with van der Waals surface area (Å²) in [6.45, 7) is 4.13. The maximum absolute atomic E-state index is 12.0. The predicted octanol–water partition coefficient (Wildman–Crippen LogP) is 1.52. The molecule has 1 atom stereocenters. The van der Waals surface area contributed by atoms with Crippen LogP contribution in [0.15, 0.2) is 30.7 Å². The highest BCUT2D eigenvalue weighted by atomic mass is 16.2. The van der Waals surface area contributed by atoms with Crippen LogP contribution < -0.4 is 16.0 Å². The SMILES string of the molecule is Cc1nccn1-c1ncccc1CNC(=O)NCC[C@H]1CCCN1. The Morgan fingerprint density at radius 3 is 3.04 bits per heavy atom. The van der Waals surface area contributed by atoms with Crippen molar-refractivity contribution in [2.24, 2.45) is 0 Å². The fraction of sp³-hybridized carbons (Fsp3) is 0.471. The standard InChI is InChI=1S/C17H24N6O/c1-13-18-10-11-23(13)16-14(4-2-8-20-16)12-22-17(24)21-9-6-15-5-3-7-19-15/h2,4,8,10-11,15,19H,3,5-7,9,12H2,1H3,(H2,21,22,24)/t15-/m1/s1. The number of imidazole rings is 1. The summed E-state index contributed by atoms with van der Waals surface area (Å²) in [7, 11) is 0. The quantitative estimate of drug-likeness (QED) is 0.751. The maximum Gasteiger partial charge on any atom is 0.315 e. The van der Waals surface area contributed by atoms with Crippen molar-refractivity contribution < 1.29 is 4.79 Å². The van der Waals surface area contributed by atoms with Crippen LogP contribution in [0, 0.1) is 6.92 Å². The minimum Gasteiger partial charge on any atom is -0.338 e. The molecule has 0 spiro atoms. The van der Waals surface area contributed by atoms with Crippen molar-refractivity contribution in [2.45, 2.75) is 38.8 Å². The summed E-state index contributed by atoms with van der Waals surface area (Å²) >= 11 is 0. The molecule has 3 N–H and O–H groups in total. The van der Waals surface area contributed by atoms with E-state index in [1.54, 1.807) is 12.4 Å². The first kappa shape index (κ1) is 16.4. The molecular weight excluding hydrogens is 304 g/mol. The topological polar surface area (TPSA) is 83.9 Å². The summed E-state index contributed by atoms with van der Waals surface area (Å²) in [5.41, 5.74) is 0.950.